The van der Waals surface area contributed by atoms with E-state index in [2.05, 4.69) is 5.32 Å². The number of hydrogen-bond acceptors (Lipinski definition) is 5. The molecule has 0 radical (unpaired) electrons. The standard InChI is InChI=1S/C19H20N2O4S/c22-16(13-20-18(23)15-9-6-12-26-15)25-17(14-7-2-1-3-8-14)19(24)21-10-4-5-11-21/h1-3,6-9,12,17H,4-5,10-11,13H2,(H,20,23)/t17-/m0/s1. The van der Waals surface area contributed by atoms with Crippen molar-refractivity contribution in [1.29, 1.82) is 0 Å². The molecule has 1 fully saturated rings. The first-order valence-corrected chi connectivity index (χ1v) is 9.38. The van der Waals surface area contributed by atoms with Crippen molar-refractivity contribution in [1.82, 2.24) is 10.2 Å². The predicted molar refractivity (Wildman–Crippen MR) is 97.7 cm³/mol. The molecule has 0 spiro atoms. The molecule has 1 aromatic carbocycles. The lowest BCUT2D eigenvalue weighted by atomic mass is 10.1. The van der Waals surface area contributed by atoms with Crippen LogP contribution in [-0.4, -0.2) is 42.3 Å². The minimum Gasteiger partial charge on any atom is -0.446 e. The second-order valence-electron chi connectivity index (χ2n) is 5.97. The number of hydrogen-bond donors (Lipinski definition) is 1. The Balaban J connectivity index is 1.64. The lowest BCUT2D eigenvalue weighted by molar-refractivity contribution is -0.159. The molecule has 1 saturated heterocycles. The van der Waals surface area contributed by atoms with E-state index in [1.165, 1.54) is 11.3 Å². The number of esters is 1. The van der Waals surface area contributed by atoms with E-state index in [-0.39, 0.29) is 18.4 Å². The largest absolute Gasteiger partial charge is 0.446 e. The highest BCUT2D eigenvalue weighted by Gasteiger charge is 2.30. The number of likely N-dealkylation sites (tertiary alicyclic amines) is 1. The molecule has 3 rings (SSSR count). The number of carbonyl (C=O) groups is 3. The molecule has 136 valence electrons. The minimum atomic E-state index is -0.986. The smallest absolute Gasteiger partial charge is 0.326 e. The molecule has 0 aliphatic carbocycles. The van der Waals surface area contributed by atoms with Crippen LogP contribution in [0, 0.1) is 0 Å². The highest BCUT2D eigenvalue weighted by molar-refractivity contribution is 7.12. The van der Waals surface area contributed by atoms with Gasteiger partial charge >= 0.3 is 5.97 Å². The van der Waals surface area contributed by atoms with Crippen LogP contribution in [0.4, 0.5) is 0 Å². The Kier molecular flexibility index (Phi) is 6.01. The summed E-state index contributed by atoms with van der Waals surface area (Å²) in [7, 11) is 0. The fraction of sp³-hybridized carbons (Fsp3) is 0.316. The number of nitrogens with one attached hydrogen (secondary N) is 1. The van der Waals surface area contributed by atoms with Gasteiger partial charge in [-0.05, 0) is 24.3 Å². The normalized spacial score (nSPS) is 14.7. The van der Waals surface area contributed by atoms with E-state index in [4.69, 9.17) is 4.74 Å². The number of benzene rings is 1. The van der Waals surface area contributed by atoms with Gasteiger partial charge in [0.15, 0.2) is 0 Å². The summed E-state index contributed by atoms with van der Waals surface area (Å²) in [5, 5.41) is 4.31. The molecule has 1 aromatic heterocycles. The molecule has 2 amide bonds. The van der Waals surface area contributed by atoms with E-state index in [9.17, 15) is 14.4 Å². The third-order valence-corrected chi connectivity index (χ3v) is 5.00. The van der Waals surface area contributed by atoms with Gasteiger partial charge in [0.05, 0.1) is 4.88 Å². The van der Waals surface area contributed by atoms with Gasteiger partial charge in [-0.25, -0.2) is 0 Å². The molecule has 1 aliphatic heterocycles. The van der Waals surface area contributed by atoms with Crippen LogP contribution in [0.2, 0.25) is 0 Å². The van der Waals surface area contributed by atoms with Crippen LogP contribution in [0.1, 0.15) is 34.2 Å². The second-order valence-corrected chi connectivity index (χ2v) is 6.92. The van der Waals surface area contributed by atoms with E-state index in [1.807, 2.05) is 6.07 Å². The number of carbonyl (C=O) groups excluding carboxylic acids is 3. The van der Waals surface area contributed by atoms with Gasteiger partial charge in [0, 0.05) is 18.7 Å². The molecule has 2 heterocycles. The third kappa shape index (κ3) is 4.49. The average molecular weight is 372 g/mol. The maximum atomic E-state index is 12.8. The van der Waals surface area contributed by atoms with E-state index in [0.29, 0.717) is 23.5 Å². The molecular formula is C19H20N2O4S. The second kappa shape index (κ2) is 8.62. The predicted octanol–water partition coefficient (Wildman–Crippen LogP) is 2.38. The van der Waals surface area contributed by atoms with Crippen molar-refractivity contribution < 1.29 is 19.1 Å². The summed E-state index contributed by atoms with van der Waals surface area (Å²) in [5.74, 6) is -1.19. The van der Waals surface area contributed by atoms with Gasteiger partial charge in [-0.3, -0.25) is 14.4 Å². The van der Waals surface area contributed by atoms with Crippen LogP contribution < -0.4 is 5.32 Å². The fourth-order valence-corrected chi connectivity index (χ4v) is 3.45. The van der Waals surface area contributed by atoms with Gasteiger partial charge in [0.2, 0.25) is 6.10 Å². The summed E-state index contributed by atoms with van der Waals surface area (Å²) in [6.45, 7) is 1.07. The van der Waals surface area contributed by atoms with Crippen LogP contribution in [0.5, 0.6) is 0 Å². The average Bonchev–Trinajstić information content (AvgIpc) is 3.38. The summed E-state index contributed by atoms with van der Waals surface area (Å²) in [6, 6.07) is 12.4. The molecule has 6 nitrogen and oxygen atoms in total. The van der Waals surface area contributed by atoms with Crippen molar-refractivity contribution in [3.8, 4) is 0 Å². The molecule has 1 atom stereocenters. The van der Waals surface area contributed by atoms with E-state index in [0.717, 1.165) is 12.8 Å². The van der Waals surface area contributed by atoms with Gasteiger partial charge in [-0.1, -0.05) is 36.4 Å². The lowest BCUT2D eigenvalue weighted by Gasteiger charge is -2.23. The van der Waals surface area contributed by atoms with Crippen molar-refractivity contribution in [2.24, 2.45) is 0 Å². The Morgan fingerprint density at radius 2 is 1.81 bits per heavy atom. The van der Waals surface area contributed by atoms with Crippen LogP contribution >= 0.6 is 11.3 Å². The highest BCUT2D eigenvalue weighted by Crippen LogP contribution is 2.22. The van der Waals surface area contributed by atoms with Crippen molar-refractivity contribution >= 4 is 29.1 Å². The van der Waals surface area contributed by atoms with Gasteiger partial charge in [-0.15, -0.1) is 11.3 Å². The van der Waals surface area contributed by atoms with Crippen LogP contribution in [0.15, 0.2) is 47.8 Å². The Bertz CT molecular complexity index is 755. The van der Waals surface area contributed by atoms with Gasteiger partial charge in [0.25, 0.3) is 11.8 Å². The van der Waals surface area contributed by atoms with Crippen LogP contribution in [0.3, 0.4) is 0 Å². The molecule has 1 aliphatic rings. The van der Waals surface area contributed by atoms with Crippen molar-refractivity contribution in [2.45, 2.75) is 18.9 Å². The molecule has 1 N–H and O–H groups in total. The molecule has 0 saturated carbocycles. The molecular weight excluding hydrogens is 352 g/mol. The van der Waals surface area contributed by atoms with Crippen LogP contribution in [-0.2, 0) is 14.3 Å². The third-order valence-electron chi connectivity index (χ3n) is 4.13. The highest BCUT2D eigenvalue weighted by atomic mass is 32.1. The monoisotopic (exact) mass is 372 g/mol. The van der Waals surface area contributed by atoms with E-state index in [1.54, 1.807) is 46.7 Å². The van der Waals surface area contributed by atoms with Crippen LogP contribution in [0.25, 0.3) is 0 Å². The molecule has 26 heavy (non-hydrogen) atoms. The molecule has 0 unspecified atom stereocenters. The van der Waals surface area contributed by atoms with Gasteiger partial charge < -0.3 is 15.0 Å². The summed E-state index contributed by atoms with van der Waals surface area (Å²) in [4.78, 5) is 39.1. The number of nitrogens with zero attached hydrogens (tertiary/aromatic N) is 1. The maximum absolute atomic E-state index is 12.8. The Morgan fingerprint density at radius 1 is 1.08 bits per heavy atom. The summed E-state index contributed by atoms with van der Waals surface area (Å²) in [5.41, 5.74) is 0.627. The zero-order chi connectivity index (χ0) is 18.4. The van der Waals surface area contributed by atoms with Crippen molar-refractivity contribution in [3.05, 3.63) is 58.3 Å². The van der Waals surface area contributed by atoms with Crippen molar-refractivity contribution in [2.75, 3.05) is 19.6 Å². The minimum absolute atomic E-state index is 0.216. The number of thiophene rings is 1. The van der Waals surface area contributed by atoms with Gasteiger partial charge in [0.1, 0.15) is 6.54 Å². The van der Waals surface area contributed by atoms with E-state index >= 15 is 0 Å². The molecule has 7 heteroatoms. The molecule has 2 aromatic rings. The first-order chi connectivity index (χ1) is 12.6. The topological polar surface area (TPSA) is 75.7 Å². The quantitative estimate of drug-likeness (QED) is 0.790. The summed E-state index contributed by atoms with van der Waals surface area (Å²) < 4.78 is 5.44. The van der Waals surface area contributed by atoms with E-state index < -0.39 is 12.1 Å². The van der Waals surface area contributed by atoms with Gasteiger partial charge in [-0.2, -0.15) is 0 Å². The summed E-state index contributed by atoms with van der Waals surface area (Å²) >= 11 is 1.29. The Labute approximate surface area is 155 Å². The lowest BCUT2D eigenvalue weighted by Crippen LogP contribution is -2.37. The number of ether oxygens (including phenoxy) is 1. The fourth-order valence-electron chi connectivity index (χ4n) is 2.81. The summed E-state index contributed by atoms with van der Waals surface area (Å²) in [6.07, 6.45) is 0.927. The Hall–Kier alpha value is -2.67. The molecule has 0 bridgehead atoms. The Morgan fingerprint density at radius 3 is 2.46 bits per heavy atom. The first kappa shape index (κ1) is 18.1. The first-order valence-electron chi connectivity index (χ1n) is 8.50. The van der Waals surface area contributed by atoms with Crippen molar-refractivity contribution in [3.63, 3.8) is 0 Å². The maximum Gasteiger partial charge on any atom is 0.326 e. The zero-order valence-corrected chi connectivity index (χ0v) is 15.0. The SMILES string of the molecule is O=C(CNC(=O)c1cccs1)O[C@H](C(=O)N1CCCC1)c1ccccc1. The zero-order valence-electron chi connectivity index (χ0n) is 14.2. The number of rotatable bonds is 6. The number of amides is 2.